The summed E-state index contributed by atoms with van der Waals surface area (Å²) in [6.45, 7) is 2.41. The van der Waals surface area contributed by atoms with Crippen LogP contribution < -0.4 is 0 Å². The molecule has 0 spiro atoms. The molecule has 0 bridgehead atoms. The first-order valence-corrected chi connectivity index (χ1v) is 5.84. The Morgan fingerprint density at radius 1 is 1.00 bits per heavy atom. The highest BCUT2D eigenvalue weighted by Crippen LogP contribution is 2.01. The number of carboxylic acid groups (broad SMARTS) is 1. The molecule has 1 N–H and O–H groups in total. The number of hydrogen-bond donors (Lipinski definition) is 1. The lowest BCUT2D eigenvalue weighted by Gasteiger charge is -2.20. The van der Waals surface area contributed by atoms with Crippen molar-refractivity contribution in [3.8, 4) is 0 Å². The molecule has 19 heavy (non-hydrogen) atoms. The van der Waals surface area contributed by atoms with E-state index in [1.165, 1.54) is 7.11 Å². The predicted octanol–water partition coefficient (Wildman–Crippen LogP) is -0.939. The van der Waals surface area contributed by atoms with E-state index in [1.54, 1.807) is 0 Å². The molecule has 2 atom stereocenters. The first-order valence-electron chi connectivity index (χ1n) is 5.84. The van der Waals surface area contributed by atoms with Crippen molar-refractivity contribution in [2.45, 2.75) is 12.2 Å². The largest absolute Gasteiger partial charge is 0.479 e. The summed E-state index contributed by atoms with van der Waals surface area (Å²) in [6.07, 6.45) is -1.27. The van der Waals surface area contributed by atoms with Crippen molar-refractivity contribution < 1.29 is 38.4 Å². The third kappa shape index (κ3) is 5.97. The minimum Gasteiger partial charge on any atom is -0.479 e. The minimum atomic E-state index is -0.949. The fourth-order valence-electron chi connectivity index (χ4n) is 1.39. The Morgan fingerprint density at radius 3 is 1.84 bits per heavy atom. The van der Waals surface area contributed by atoms with E-state index in [2.05, 4.69) is 4.74 Å². The van der Waals surface area contributed by atoms with Gasteiger partial charge in [0.25, 0.3) is 0 Å². The summed E-state index contributed by atoms with van der Waals surface area (Å²) in [5, 5.41) is 8.33. The van der Waals surface area contributed by atoms with Crippen molar-refractivity contribution >= 4 is 11.9 Å². The van der Waals surface area contributed by atoms with Gasteiger partial charge in [-0.2, -0.15) is 0 Å². The van der Waals surface area contributed by atoms with E-state index in [4.69, 9.17) is 24.1 Å². The van der Waals surface area contributed by atoms with Gasteiger partial charge in [-0.3, -0.25) is 0 Å². The van der Waals surface area contributed by atoms with Crippen molar-refractivity contribution in [3.63, 3.8) is 0 Å². The van der Waals surface area contributed by atoms with Crippen LogP contribution in [0.25, 0.3) is 0 Å². The van der Waals surface area contributed by atoms with Crippen LogP contribution in [0.15, 0.2) is 0 Å². The maximum Gasteiger partial charge on any atom is 0.337 e. The van der Waals surface area contributed by atoms with Crippen molar-refractivity contribution in [1.29, 1.82) is 0 Å². The molecule has 0 aromatic heterocycles. The first-order chi connectivity index (χ1) is 9.15. The molecule has 0 amide bonds. The van der Waals surface area contributed by atoms with Crippen molar-refractivity contribution in [2.24, 2.45) is 0 Å². The third-order valence-electron chi connectivity index (χ3n) is 2.37. The highest BCUT2D eigenvalue weighted by molar-refractivity contribution is 5.74. The van der Waals surface area contributed by atoms with E-state index in [0.29, 0.717) is 33.0 Å². The van der Waals surface area contributed by atoms with E-state index >= 15 is 0 Å². The molecule has 2 saturated heterocycles. The number of ether oxygens (including phenoxy) is 5. The zero-order valence-electron chi connectivity index (χ0n) is 10.7. The van der Waals surface area contributed by atoms with Crippen LogP contribution in [0, 0.1) is 0 Å². The molecule has 0 radical (unpaired) electrons. The molecule has 8 heteroatoms. The van der Waals surface area contributed by atoms with Gasteiger partial charge in [0.2, 0.25) is 0 Å². The minimum absolute atomic E-state index is 0.176. The lowest BCUT2D eigenvalue weighted by Crippen LogP contribution is -2.36. The number of hydrogen-bond acceptors (Lipinski definition) is 7. The maximum atomic E-state index is 10.7. The quantitative estimate of drug-likeness (QED) is 0.646. The molecule has 2 rings (SSSR count). The van der Waals surface area contributed by atoms with Crippen LogP contribution in [0.4, 0.5) is 0 Å². The summed E-state index contributed by atoms with van der Waals surface area (Å²) in [4.78, 5) is 20.9. The molecule has 0 aliphatic carbocycles. The highest BCUT2D eigenvalue weighted by Gasteiger charge is 2.22. The molecule has 2 aliphatic rings. The van der Waals surface area contributed by atoms with Gasteiger partial charge < -0.3 is 28.8 Å². The van der Waals surface area contributed by atoms with Gasteiger partial charge >= 0.3 is 11.9 Å². The van der Waals surface area contributed by atoms with E-state index in [-0.39, 0.29) is 12.6 Å². The summed E-state index contributed by atoms with van der Waals surface area (Å²) in [5.41, 5.74) is 0. The molecule has 2 fully saturated rings. The Hall–Kier alpha value is -1.22. The number of carbonyl (C=O) groups excluding carboxylic acids is 1. The van der Waals surface area contributed by atoms with Gasteiger partial charge in [0.15, 0.2) is 12.2 Å². The van der Waals surface area contributed by atoms with Crippen LogP contribution in [0.1, 0.15) is 0 Å². The second-order valence-electron chi connectivity index (χ2n) is 3.73. The fraction of sp³-hybridized carbons (Fsp3) is 0.818. The van der Waals surface area contributed by atoms with Gasteiger partial charge in [-0.25, -0.2) is 9.59 Å². The van der Waals surface area contributed by atoms with Crippen LogP contribution in [-0.2, 0) is 33.3 Å². The van der Waals surface area contributed by atoms with Gasteiger partial charge in [0.1, 0.15) is 0 Å². The van der Waals surface area contributed by atoms with Crippen LogP contribution in [0.5, 0.6) is 0 Å². The van der Waals surface area contributed by atoms with Crippen molar-refractivity contribution in [2.75, 3.05) is 46.8 Å². The summed E-state index contributed by atoms with van der Waals surface area (Å²) in [7, 11) is 1.33. The maximum absolute atomic E-state index is 10.7. The normalized spacial score (nSPS) is 26.8. The molecule has 0 aromatic rings. The summed E-state index contributed by atoms with van der Waals surface area (Å²) >= 11 is 0. The predicted molar refractivity (Wildman–Crippen MR) is 60.8 cm³/mol. The number of carbonyl (C=O) groups is 2. The third-order valence-corrected chi connectivity index (χ3v) is 2.37. The second kappa shape index (κ2) is 8.81. The molecule has 110 valence electrons. The standard InChI is InChI=1S/C6H10O4.C5H8O4/c1-8-6(7)5-4-9-2-3-10-5;6-5(7)4-3-8-1-2-9-4/h5H,2-4H2,1H3;4H,1-3H2,(H,6,7). The van der Waals surface area contributed by atoms with Crippen molar-refractivity contribution in [1.82, 2.24) is 0 Å². The molecular formula is C11H18O8. The number of carboxylic acids is 1. The van der Waals surface area contributed by atoms with E-state index in [9.17, 15) is 9.59 Å². The topological polar surface area (TPSA) is 101 Å². The van der Waals surface area contributed by atoms with Crippen LogP contribution in [0.2, 0.25) is 0 Å². The Bertz CT molecular complexity index is 280. The molecule has 0 saturated carbocycles. The van der Waals surface area contributed by atoms with E-state index in [1.807, 2.05) is 0 Å². The lowest BCUT2D eigenvalue weighted by molar-refractivity contribution is -0.167. The molecule has 2 unspecified atom stereocenters. The summed E-state index contributed by atoms with van der Waals surface area (Å²) < 4.78 is 24.1. The van der Waals surface area contributed by atoms with Gasteiger partial charge in [-0.05, 0) is 0 Å². The second-order valence-corrected chi connectivity index (χ2v) is 3.73. The summed E-state index contributed by atoms with van der Waals surface area (Å²) in [5.74, 6) is -1.31. The Morgan fingerprint density at radius 2 is 1.53 bits per heavy atom. The van der Waals surface area contributed by atoms with Gasteiger partial charge in [-0.15, -0.1) is 0 Å². The number of esters is 1. The average molecular weight is 278 g/mol. The average Bonchev–Trinajstić information content (AvgIpc) is 2.49. The lowest BCUT2D eigenvalue weighted by atomic mass is 10.3. The van der Waals surface area contributed by atoms with E-state index in [0.717, 1.165) is 0 Å². The van der Waals surface area contributed by atoms with Crippen LogP contribution in [-0.4, -0.2) is 76.0 Å². The SMILES string of the molecule is COC(=O)C1COCCO1.O=C(O)C1COCCO1. The van der Waals surface area contributed by atoms with Crippen LogP contribution in [0.3, 0.4) is 0 Å². The van der Waals surface area contributed by atoms with Gasteiger partial charge in [0, 0.05) is 0 Å². The number of methoxy groups -OCH3 is 1. The van der Waals surface area contributed by atoms with E-state index < -0.39 is 18.2 Å². The van der Waals surface area contributed by atoms with Gasteiger partial charge in [0.05, 0.1) is 46.8 Å². The fourth-order valence-corrected chi connectivity index (χ4v) is 1.39. The monoisotopic (exact) mass is 278 g/mol. The first kappa shape index (κ1) is 15.8. The smallest absolute Gasteiger partial charge is 0.337 e. The van der Waals surface area contributed by atoms with Crippen molar-refractivity contribution in [3.05, 3.63) is 0 Å². The number of rotatable bonds is 2. The molecule has 0 aromatic carbocycles. The van der Waals surface area contributed by atoms with Gasteiger partial charge in [-0.1, -0.05) is 0 Å². The Balaban J connectivity index is 0.000000191. The Kier molecular flexibility index (Phi) is 7.34. The molecule has 8 nitrogen and oxygen atoms in total. The molecular weight excluding hydrogens is 260 g/mol. The highest BCUT2D eigenvalue weighted by atomic mass is 16.6. The summed E-state index contributed by atoms with van der Waals surface area (Å²) in [6, 6.07) is 0. The van der Waals surface area contributed by atoms with Crippen LogP contribution >= 0.6 is 0 Å². The Labute approximate surface area is 110 Å². The molecule has 2 heterocycles. The zero-order chi connectivity index (χ0) is 14.1. The number of aliphatic carboxylic acids is 1. The molecule has 2 aliphatic heterocycles. The zero-order valence-corrected chi connectivity index (χ0v) is 10.7.